The molecule has 0 atom stereocenters. The number of nitrogens with two attached hydrogens (primary N) is 1. The van der Waals surface area contributed by atoms with Crippen LogP contribution in [0, 0.1) is 0 Å². The van der Waals surface area contributed by atoms with Gasteiger partial charge in [-0.25, -0.2) is 0 Å². The van der Waals surface area contributed by atoms with E-state index in [0.717, 1.165) is 5.56 Å². The highest BCUT2D eigenvalue weighted by atomic mass is 16.5. The maximum absolute atomic E-state index is 11.0. The summed E-state index contributed by atoms with van der Waals surface area (Å²) in [5, 5.41) is 3.56. The minimum Gasteiger partial charge on any atom is -0.364 e. The molecule has 2 rings (SSSR count). The third-order valence-corrected chi connectivity index (χ3v) is 2.11. The minimum absolute atomic E-state index is 0.207. The van der Waals surface area contributed by atoms with E-state index in [1.807, 2.05) is 30.3 Å². The predicted molar refractivity (Wildman–Crippen MR) is 54.3 cm³/mol. The van der Waals surface area contributed by atoms with Crippen LogP contribution >= 0.6 is 0 Å². The van der Waals surface area contributed by atoms with Gasteiger partial charge in [0.2, 0.25) is 0 Å². The van der Waals surface area contributed by atoms with E-state index < -0.39 is 5.91 Å². The molecule has 15 heavy (non-hydrogen) atoms. The maximum Gasteiger partial charge on any atom is 0.271 e. The van der Waals surface area contributed by atoms with Crippen molar-refractivity contribution in [3.05, 3.63) is 53.4 Å². The molecule has 1 heterocycles. The second kappa shape index (κ2) is 3.96. The molecule has 0 spiro atoms. The van der Waals surface area contributed by atoms with E-state index in [-0.39, 0.29) is 5.69 Å². The molecular weight excluding hydrogens is 192 g/mol. The number of nitrogens with zero attached hydrogens (tertiary/aromatic N) is 1. The average Bonchev–Trinajstić information content (AvgIpc) is 2.67. The van der Waals surface area contributed by atoms with Crippen molar-refractivity contribution in [2.45, 2.75) is 6.42 Å². The van der Waals surface area contributed by atoms with Crippen molar-refractivity contribution in [1.29, 1.82) is 0 Å². The lowest BCUT2D eigenvalue weighted by Crippen LogP contribution is -2.13. The summed E-state index contributed by atoms with van der Waals surface area (Å²) in [5.74, 6) is -0.560. The van der Waals surface area contributed by atoms with E-state index in [2.05, 4.69) is 5.16 Å². The monoisotopic (exact) mass is 202 g/mol. The minimum atomic E-state index is -0.560. The molecule has 0 aliphatic heterocycles. The van der Waals surface area contributed by atoms with Crippen molar-refractivity contribution < 1.29 is 9.32 Å². The Morgan fingerprint density at radius 1 is 1.33 bits per heavy atom. The van der Waals surface area contributed by atoms with Crippen LogP contribution in [0.25, 0.3) is 0 Å². The number of amides is 1. The highest BCUT2D eigenvalue weighted by Gasteiger charge is 2.12. The van der Waals surface area contributed by atoms with Gasteiger partial charge in [-0.3, -0.25) is 4.79 Å². The SMILES string of the molecule is NC(=O)c1nocc1Cc1ccccc1. The molecule has 2 aromatic rings. The Bertz CT molecular complexity index is 462. The molecule has 1 amide bonds. The first-order valence-corrected chi connectivity index (χ1v) is 4.54. The van der Waals surface area contributed by atoms with Crippen molar-refractivity contribution in [2.75, 3.05) is 0 Å². The fourth-order valence-corrected chi connectivity index (χ4v) is 1.40. The summed E-state index contributed by atoms with van der Waals surface area (Å²) >= 11 is 0. The van der Waals surface area contributed by atoms with E-state index in [1.165, 1.54) is 6.26 Å². The van der Waals surface area contributed by atoms with E-state index in [0.29, 0.717) is 12.0 Å². The molecule has 0 radical (unpaired) electrons. The van der Waals surface area contributed by atoms with Gasteiger partial charge in [0.1, 0.15) is 6.26 Å². The van der Waals surface area contributed by atoms with Crippen molar-refractivity contribution in [2.24, 2.45) is 5.73 Å². The molecule has 0 unspecified atom stereocenters. The Morgan fingerprint density at radius 2 is 2.07 bits per heavy atom. The molecule has 2 N–H and O–H groups in total. The van der Waals surface area contributed by atoms with Crippen molar-refractivity contribution in [1.82, 2.24) is 5.16 Å². The van der Waals surface area contributed by atoms with Gasteiger partial charge in [-0.05, 0) is 5.56 Å². The summed E-state index contributed by atoms with van der Waals surface area (Å²) in [6.45, 7) is 0. The standard InChI is InChI=1S/C11H10N2O2/c12-11(14)10-9(7-15-13-10)6-8-4-2-1-3-5-8/h1-5,7H,6H2,(H2,12,14). The number of hydrogen-bond acceptors (Lipinski definition) is 3. The lowest BCUT2D eigenvalue weighted by atomic mass is 10.1. The number of aromatic nitrogens is 1. The molecule has 0 aliphatic rings. The zero-order valence-electron chi connectivity index (χ0n) is 8.01. The molecular formula is C11H10N2O2. The zero-order chi connectivity index (χ0) is 10.7. The fourth-order valence-electron chi connectivity index (χ4n) is 1.40. The number of carbonyl (C=O) groups is 1. The lowest BCUT2D eigenvalue weighted by molar-refractivity contribution is 0.0991. The Morgan fingerprint density at radius 3 is 2.73 bits per heavy atom. The Hall–Kier alpha value is -2.10. The summed E-state index contributed by atoms with van der Waals surface area (Å²) in [7, 11) is 0. The molecule has 0 saturated carbocycles. The van der Waals surface area contributed by atoms with Crippen molar-refractivity contribution in [3.8, 4) is 0 Å². The summed E-state index contributed by atoms with van der Waals surface area (Å²) in [4.78, 5) is 11.0. The second-order valence-electron chi connectivity index (χ2n) is 3.22. The van der Waals surface area contributed by atoms with Gasteiger partial charge in [-0.2, -0.15) is 0 Å². The van der Waals surface area contributed by atoms with Crippen LogP contribution in [-0.2, 0) is 6.42 Å². The molecule has 1 aromatic heterocycles. The number of hydrogen-bond donors (Lipinski definition) is 1. The highest BCUT2D eigenvalue weighted by molar-refractivity contribution is 5.92. The lowest BCUT2D eigenvalue weighted by Gasteiger charge is -1.98. The van der Waals surface area contributed by atoms with Gasteiger partial charge in [0, 0.05) is 12.0 Å². The summed E-state index contributed by atoms with van der Waals surface area (Å²) < 4.78 is 4.73. The highest BCUT2D eigenvalue weighted by Crippen LogP contribution is 2.12. The fraction of sp³-hybridized carbons (Fsp3) is 0.0909. The quantitative estimate of drug-likeness (QED) is 0.817. The first-order valence-electron chi connectivity index (χ1n) is 4.54. The topological polar surface area (TPSA) is 69.1 Å². The van der Waals surface area contributed by atoms with Gasteiger partial charge < -0.3 is 10.3 Å². The molecule has 0 fully saturated rings. The van der Waals surface area contributed by atoms with Crippen LogP contribution in [0.15, 0.2) is 41.1 Å². The van der Waals surface area contributed by atoms with Crippen molar-refractivity contribution >= 4 is 5.91 Å². The van der Waals surface area contributed by atoms with Gasteiger partial charge >= 0.3 is 0 Å². The van der Waals surface area contributed by atoms with Gasteiger partial charge in [0.15, 0.2) is 5.69 Å². The van der Waals surface area contributed by atoms with E-state index >= 15 is 0 Å². The molecule has 0 saturated heterocycles. The Kier molecular flexibility index (Phi) is 2.49. The van der Waals surface area contributed by atoms with Gasteiger partial charge in [0.05, 0.1) is 0 Å². The second-order valence-corrected chi connectivity index (χ2v) is 3.22. The number of primary amides is 1. The van der Waals surface area contributed by atoms with Crippen LogP contribution in [0.2, 0.25) is 0 Å². The van der Waals surface area contributed by atoms with Crippen LogP contribution < -0.4 is 5.73 Å². The summed E-state index contributed by atoms with van der Waals surface area (Å²) in [6.07, 6.45) is 2.05. The summed E-state index contributed by atoms with van der Waals surface area (Å²) in [5.41, 5.74) is 7.16. The smallest absolute Gasteiger partial charge is 0.271 e. The van der Waals surface area contributed by atoms with Gasteiger partial charge in [-0.1, -0.05) is 35.5 Å². The predicted octanol–water partition coefficient (Wildman–Crippen LogP) is 1.36. The van der Waals surface area contributed by atoms with E-state index in [1.54, 1.807) is 0 Å². The van der Waals surface area contributed by atoms with Crippen LogP contribution in [0.4, 0.5) is 0 Å². The average molecular weight is 202 g/mol. The molecule has 0 aliphatic carbocycles. The van der Waals surface area contributed by atoms with Crippen LogP contribution in [0.3, 0.4) is 0 Å². The molecule has 76 valence electrons. The van der Waals surface area contributed by atoms with E-state index in [9.17, 15) is 4.79 Å². The molecule has 1 aromatic carbocycles. The normalized spacial score (nSPS) is 10.1. The van der Waals surface area contributed by atoms with Gasteiger partial charge in [0.25, 0.3) is 5.91 Å². The van der Waals surface area contributed by atoms with Crippen molar-refractivity contribution in [3.63, 3.8) is 0 Å². The maximum atomic E-state index is 11.0. The number of carbonyl (C=O) groups excluding carboxylic acids is 1. The zero-order valence-corrected chi connectivity index (χ0v) is 8.01. The Balaban J connectivity index is 2.25. The van der Waals surface area contributed by atoms with E-state index in [4.69, 9.17) is 10.3 Å². The molecule has 4 nitrogen and oxygen atoms in total. The largest absolute Gasteiger partial charge is 0.364 e. The third-order valence-electron chi connectivity index (χ3n) is 2.11. The molecule has 0 bridgehead atoms. The van der Waals surface area contributed by atoms with Crippen LogP contribution in [0.5, 0.6) is 0 Å². The number of rotatable bonds is 3. The first kappa shape index (κ1) is 9.45. The third kappa shape index (κ3) is 2.04. The Labute approximate surface area is 86.7 Å². The first-order chi connectivity index (χ1) is 7.27. The number of benzene rings is 1. The van der Waals surface area contributed by atoms with Crippen LogP contribution in [0.1, 0.15) is 21.6 Å². The summed E-state index contributed by atoms with van der Waals surface area (Å²) in [6, 6.07) is 9.75. The van der Waals surface area contributed by atoms with Gasteiger partial charge in [-0.15, -0.1) is 0 Å². The van der Waals surface area contributed by atoms with Crippen LogP contribution in [-0.4, -0.2) is 11.1 Å². The molecule has 4 heteroatoms.